The first kappa shape index (κ1) is 15.2. The van der Waals surface area contributed by atoms with Gasteiger partial charge in [0.25, 0.3) is 0 Å². The van der Waals surface area contributed by atoms with Crippen LogP contribution in [-0.2, 0) is 11.2 Å². The number of anilines is 2. The number of nitrogens with two attached hydrogens (primary N) is 1. The van der Waals surface area contributed by atoms with Crippen LogP contribution in [0.5, 0.6) is 0 Å². The molecule has 1 amide bonds. The van der Waals surface area contributed by atoms with Gasteiger partial charge in [-0.3, -0.25) is 4.79 Å². The third-order valence-corrected chi connectivity index (χ3v) is 2.59. The second kappa shape index (κ2) is 7.52. The highest BCUT2D eigenvalue weighted by Gasteiger charge is 2.09. The molecule has 106 valence electrons. The molecular weight excluding hydrogens is 244 g/mol. The van der Waals surface area contributed by atoms with E-state index in [1.54, 1.807) is 0 Å². The second-order valence-corrected chi connectivity index (χ2v) is 4.27. The highest BCUT2D eigenvalue weighted by molar-refractivity contribution is 5.72. The van der Waals surface area contributed by atoms with Crippen LogP contribution in [0.2, 0.25) is 0 Å². The topological polar surface area (TPSA) is 105 Å². The van der Waals surface area contributed by atoms with Gasteiger partial charge in [0.1, 0.15) is 17.5 Å². The van der Waals surface area contributed by atoms with Gasteiger partial charge in [-0.05, 0) is 13.3 Å². The van der Waals surface area contributed by atoms with Gasteiger partial charge in [-0.2, -0.15) is 0 Å². The average molecular weight is 266 g/mol. The summed E-state index contributed by atoms with van der Waals surface area (Å²) in [7, 11) is 0. The Hall–Kier alpha value is -1.89. The third-order valence-electron chi connectivity index (χ3n) is 2.59. The lowest BCUT2D eigenvalue weighted by atomic mass is 10.2. The monoisotopic (exact) mass is 266 g/mol. The molecule has 7 nitrogen and oxygen atoms in total. The van der Waals surface area contributed by atoms with E-state index >= 15 is 0 Å². The molecule has 7 heteroatoms. The summed E-state index contributed by atoms with van der Waals surface area (Å²) >= 11 is 0. The summed E-state index contributed by atoms with van der Waals surface area (Å²) in [5.41, 5.74) is 3.45. The standard InChI is InChI=1S/C12H22N6O/c1-4-5-10-16-11(8(2)12(17-10)18-13)15-7-6-14-9(3)19/h4-7,13H2,1-3H3,(H,14,19)(H2,15,16,17,18). The van der Waals surface area contributed by atoms with Crippen LogP contribution in [0.25, 0.3) is 0 Å². The number of amides is 1. The van der Waals surface area contributed by atoms with E-state index in [1.165, 1.54) is 6.92 Å². The van der Waals surface area contributed by atoms with Crippen molar-refractivity contribution in [3.05, 3.63) is 11.4 Å². The molecule has 0 atom stereocenters. The maximum absolute atomic E-state index is 10.8. The average Bonchev–Trinajstić information content (AvgIpc) is 2.37. The van der Waals surface area contributed by atoms with Crippen molar-refractivity contribution in [1.82, 2.24) is 15.3 Å². The number of nitrogen functional groups attached to an aromatic ring is 1. The van der Waals surface area contributed by atoms with Crippen LogP contribution in [0, 0.1) is 6.92 Å². The Balaban J connectivity index is 2.74. The molecule has 19 heavy (non-hydrogen) atoms. The Morgan fingerprint density at radius 3 is 2.53 bits per heavy atom. The third kappa shape index (κ3) is 4.70. The van der Waals surface area contributed by atoms with Crippen LogP contribution in [0.3, 0.4) is 0 Å². The lowest BCUT2D eigenvalue weighted by Gasteiger charge is -2.13. The zero-order valence-electron chi connectivity index (χ0n) is 11.7. The molecule has 0 saturated heterocycles. The van der Waals surface area contributed by atoms with Crippen LogP contribution >= 0.6 is 0 Å². The summed E-state index contributed by atoms with van der Waals surface area (Å²) in [6.07, 6.45) is 1.77. The summed E-state index contributed by atoms with van der Waals surface area (Å²) in [4.78, 5) is 19.6. The molecule has 0 saturated carbocycles. The van der Waals surface area contributed by atoms with Crippen molar-refractivity contribution < 1.29 is 4.79 Å². The SMILES string of the molecule is CCCc1nc(NN)c(C)c(NCCNC(C)=O)n1. The Kier molecular flexibility index (Phi) is 6.01. The molecule has 0 aliphatic rings. The number of hydrogen-bond acceptors (Lipinski definition) is 6. The number of hydrazine groups is 1. The predicted octanol–water partition coefficient (Wildman–Crippen LogP) is 0.571. The molecule has 1 aromatic heterocycles. The van der Waals surface area contributed by atoms with E-state index < -0.39 is 0 Å². The molecule has 0 fully saturated rings. The second-order valence-electron chi connectivity index (χ2n) is 4.27. The summed E-state index contributed by atoms with van der Waals surface area (Å²) in [5.74, 6) is 7.54. The fourth-order valence-corrected chi connectivity index (χ4v) is 1.63. The largest absolute Gasteiger partial charge is 0.368 e. The quantitative estimate of drug-likeness (QED) is 0.327. The van der Waals surface area contributed by atoms with Crippen molar-refractivity contribution in [3.8, 4) is 0 Å². The van der Waals surface area contributed by atoms with Crippen LogP contribution in [0.1, 0.15) is 31.7 Å². The smallest absolute Gasteiger partial charge is 0.216 e. The van der Waals surface area contributed by atoms with Gasteiger partial charge in [-0.25, -0.2) is 15.8 Å². The van der Waals surface area contributed by atoms with Gasteiger partial charge in [0.05, 0.1) is 0 Å². The molecule has 1 rings (SSSR count). The van der Waals surface area contributed by atoms with Gasteiger partial charge in [-0.15, -0.1) is 0 Å². The molecule has 0 radical (unpaired) electrons. The summed E-state index contributed by atoms with van der Waals surface area (Å²) in [6, 6.07) is 0. The van der Waals surface area contributed by atoms with E-state index in [9.17, 15) is 4.79 Å². The minimum atomic E-state index is -0.0443. The molecule has 5 N–H and O–H groups in total. The van der Waals surface area contributed by atoms with Crippen molar-refractivity contribution in [2.75, 3.05) is 23.8 Å². The molecule has 0 aliphatic heterocycles. The number of carbonyl (C=O) groups is 1. The predicted molar refractivity (Wildman–Crippen MR) is 75.7 cm³/mol. The minimum Gasteiger partial charge on any atom is -0.368 e. The first-order valence-corrected chi connectivity index (χ1v) is 6.40. The fourth-order valence-electron chi connectivity index (χ4n) is 1.63. The molecule has 0 aliphatic carbocycles. The van der Waals surface area contributed by atoms with Crippen molar-refractivity contribution in [2.24, 2.45) is 5.84 Å². The number of aryl methyl sites for hydroxylation is 1. The number of carbonyl (C=O) groups excluding carboxylic acids is 1. The van der Waals surface area contributed by atoms with Crippen LogP contribution in [-0.4, -0.2) is 29.0 Å². The number of hydrogen-bond donors (Lipinski definition) is 4. The van der Waals surface area contributed by atoms with Gasteiger partial charge in [0, 0.05) is 32.0 Å². The summed E-state index contributed by atoms with van der Waals surface area (Å²) in [6.45, 7) is 6.61. The molecular formula is C12H22N6O. The Bertz CT molecular complexity index is 434. The molecule has 0 spiro atoms. The van der Waals surface area contributed by atoms with Crippen LogP contribution in [0.15, 0.2) is 0 Å². The summed E-state index contributed by atoms with van der Waals surface area (Å²) in [5, 5.41) is 5.90. The van der Waals surface area contributed by atoms with E-state index in [4.69, 9.17) is 5.84 Å². The fraction of sp³-hybridized carbons (Fsp3) is 0.583. The number of nitrogens with zero attached hydrogens (tertiary/aromatic N) is 2. The molecule has 0 bridgehead atoms. The van der Waals surface area contributed by atoms with E-state index in [1.807, 2.05) is 6.92 Å². The first-order chi connectivity index (χ1) is 9.08. The zero-order chi connectivity index (χ0) is 14.3. The first-order valence-electron chi connectivity index (χ1n) is 6.40. The van der Waals surface area contributed by atoms with Gasteiger partial charge in [0.2, 0.25) is 5.91 Å². The van der Waals surface area contributed by atoms with Crippen LogP contribution < -0.4 is 21.9 Å². The Morgan fingerprint density at radius 2 is 1.95 bits per heavy atom. The normalized spacial score (nSPS) is 10.1. The van der Waals surface area contributed by atoms with E-state index in [0.29, 0.717) is 18.9 Å². The summed E-state index contributed by atoms with van der Waals surface area (Å²) < 4.78 is 0. The van der Waals surface area contributed by atoms with Gasteiger partial charge in [-0.1, -0.05) is 6.92 Å². The van der Waals surface area contributed by atoms with Crippen LogP contribution in [0.4, 0.5) is 11.6 Å². The zero-order valence-corrected chi connectivity index (χ0v) is 11.7. The van der Waals surface area contributed by atoms with Gasteiger partial charge < -0.3 is 16.1 Å². The lowest BCUT2D eigenvalue weighted by Crippen LogP contribution is -2.27. The number of rotatable bonds is 7. The van der Waals surface area contributed by atoms with Crippen molar-refractivity contribution in [3.63, 3.8) is 0 Å². The Morgan fingerprint density at radius 1 is 1.26 bits per heavy atom. The molecule has 1 heterocycles. The Labute approximate surface area is 113 Å². The maximum atomic E-state index is 10.8. The molecule has 0 unspecified atom stereocenters. The van der Waals surface area contributed by atoms with Gasteiger partial charge in [0.15, 0.2) is 0 Å². The highest BCUT2D eigenvalue weighted by Crippen LogP contribution is 2.19. The van der Waals surface area contributed by atoms with Gasteiger partial charge >= 0.3 is 0 Å². The lowest BCUT2D eigenvalue weighted by molar-refractivity contribution is -0.118. The van der Waals surface area contributed by atoms with E-state index in [2.05, 4.69) is 33.0 Å². The molecule has 1 aromatic rings. The van der Waals surface area contributed by atoms with Crippen molar-refractivity contribution in [2.45, 2.75) is 33.6 Å². The minimum absolute atomic E-state index is 0.0443. The van der Waals surface area contributed by atoms with E-state index in [-0.39, 0.29) is 5.91 Å². The van der Waals surface area contributed by atoms with E-state index in [0.717, 1.165) is 30.0 Å². The molecule has 0 aromatic carbocycles. The van der Waals surface area contributed by atoms with Crippen molar-refractivity contribution in [1.29, 1.82) is 0 Å². The maximum Gasteiger partial charge on any atom is 0.216 e. The van der Waals surface area contributed by atoms with Crippen molar-refractivity contribution >= 4 is 17.5 Å². The number of aromatic nitrogens is 2. The highest BCUT2D eigenvalue weighted by atomic mass is 16.1. The number of nitrogens with one attached hydrogen (secondary N) is 3.